The number of nitrogens with zero attached hydrogens (tertiary/aromatic N) is 1. The summed E-state index contributed by atoms with van der Waals surface area (Å²) in [7, 11) is 0. The van der Waals surface area contributed by atoms with E-state index in [2.05, 4.69) is 0 Å². The van der Waals surface area contributed by atoms with E-state index in [-0.39, 0.29) is 16.8 Å². The Morgan fingerprint density at radius 3 is 2.68 bits per heavy atom. The van der Waals surface area contributed by atoms with Gasteiger partial charge in [-0.2, -0.15) is 0 Å². The molecular weight excluding hydrogens is 454 g/mol. The van der Waals surface area contributed by atoms with Crippen LogP contribution in [0.1, 0.15) is 37.3 Å². The number of carboxylic acids is 1. The summed E-state index contributed by atoms with van der Waals surface area (Å²) in [5, 5.41) is 10.2. The maximum Gasteiger partial charge on any atom is 0.326 e. The summed E-state index contributed by atoms with van der Waals surface area (Å²) >= 11 is 12.6. The van der Waals surface area contributed by atoms with E-state index in [4.69, 9.17) is 28.6 Å². The second kappa shape index (κ2) is 10.8. The lowest BCUT2D eigenvalue weighted by Crippen LogP contribution is -2.43. The first-order valence-electron chi connectivity index (χ1n) is 9.87. The summed E-state index contributed by atoms with van der Waals surface area (Å²) in [5.74, 6) is -0.845. The van der Waals surface area contributed by atoms with E-state index in [0.29, 0.717) is 34.1 Å². The van der Waals surface area contributed by atoms with Crippen LogP contribution in [0.5, 0.6) is 5.75 Å². The number of para-hydroxylation sites is 1. The molecule has 1 aliphatic heterocycles. The smallest absolute Gasteiger partial charge is 0.326 e. The van der Waals surface area contributed by atoms with E-state index in [9.17, 15) is 14.7 Å². The number of benzene rings is 2. The molecule has 1 N–H and O–H groups in total. The number of carboxylic acid groups (broad SMARTS) is 1. The van der Waals surface area contributed by atoms with Gasteiger partial charge < -0.3 is 9.84 Å². The molecule has 5 nitrogen and oxygen atoms in total. The molecule has 2 aromatic carbocycles. The minimum atomic E-state index is -1.05. The Morgan fingerprint density at radius 2 is 1.97 bits per heavy atom. The van der Waals surface area contributed by atoms with E-state index in [0.717, 1.165) is 23.7 Å². The van der Waals surface area contributed by atoms with Crippen molar-refractivity contribution in [3.63, 3.8) is 0 Å². The Balaban J connectivity index is 1.82. The van der Waals surface area contributed by atoms with Gasteiger partial charge in [0.15, 0.2) is 0 Å². The second-order valence-corrected chi connectivity index (χ2v) is 9.05. The van der Waals surface area contributed by atoms with E-state index < -0.39 is 12.0 Å². The van der Waals surface area contributed by atoms with E-state index in [1.54, 1.807) is 12.1 Å². The van der Waals surface area contributed by atoms with Gasteiger partial charge in [0.25, 0.3) is 5.91 Å². The van der Waals surface area contributed by atoms with Crippen LogP contribution in [-0.4, -0.2) is 32.2 Å². The number of carbonyl (C=O) groups excluding carboxylic acids is 1. The zero-order chi connectivity index (χ0) is 22.4. The number of thioether (sulfide) groups is 1. The minimum absolute atomic E-state index is 0.259. The van der Waals surface area contributed by atoms with Gasteiger partial charge >= 0.3 is 5.97 Å². The van der Waals surface area contributed by atoms with Gasteiger partial charge in [-0.15, -0.1) is 0 Å². The molecule has 1 fully saturated rings. The van der Waals surface area contributed by atoms with Crippen molar-refractivity contribution in [3.05, 3.63) is 69.6 Å². The molecule has 1 atom stereocenters. The Labute approximate surface area is 196 Å². The number of halogens is 1. The maximum atomic E-state index is 13.0. The summed E-state index contributed by atoms with van der Waals surface area (Å²) in [6.07, 6.45) is 3.60. The molecule has 31 heavy (non-hydrogen) atoms. The van der Waals surface area contributed by atoms with Crippen LogP contribution in [0.15, 0.2) is 53.4 Å². The molecule has 1 heterocycles. The highest BCUT2D eigenvalue weighted by Gasteiger charge is 2.40. The fourth-order valence-corrected chi connectivity index (χ4v) is 4.69. The quantitative estimate of drug-likeness (QED) is 0.367. The zero-order valence-corrected chi connectivity index (χ0v) is 19.3. The molecule has 1 aliphatic rings. The molecule has 8 heteroatoms. The fourth-order valence-electron chi connectivity index (χ4n) is 3.15. The summed E-state index contributed by atoms with van der Waals surface area (Å²) in [5.41, 5.74) is 1.56. The van der Waals surface area contributed by atoms with Crippen molar-refractivity contribution in [2.75, 3.05) is 0 Å². The van der Waals surface area contributed by atoms with Crippen LogP contribution in [0.4, 0.5) is 0 Å². The van der Waals surface area contributed by atoms with Crippen LogP contribution in [0.25, 0.3) is 6.08 Å². The monoisotopic (exact) mass is 475 g/mol. The highest BCUT2D eigenvalue weighted by Crippen LogP contribution is 2.36. The zero-order valence-electron chi connectivity index (χ0n) is 16.9. The van der Waals surface area contributed by atoms with Crippen molar-refractivity contribution in [3.8, 4) is 5.75 Å². The highest BCUT2D eigenvalue weighted by molar-refractivity contribution is 8.26. The first-order valence-corrected chi connectivity index (χ1v) is 11.5. The lowest BCUT2D eigenvalue weighted by molar-refractivity contribution is -0.145. The number of carbonyl (C=O) groups is 2. The average molecular weight is 476 g/mol. The third-order valence-corrected chi connectivity index (χ3v) is 6.50. The predicted molar refractivity (Wildman–Crippen MR) is 128 cm³/mol. The second-order valence-electron chi connectivity index (χ2n) is 6.97. The predicted octanol–water partition coefficient (Wildman–Crippen LogP) is 5.76. The molecule has 1 saturated heterocycles. The molecule has 162 valence electrons. The van der Waals surface area contributed by atoms with Crippen LogP contribution >= 0.6 is 35.6 Å². The summed E-state index contributed by atoms with van der Waals surface area (Å²) in [6.45, 7) is 2.26. The number of ether oxygens (including phenoxy) is 1. The van der Waals surface area contributed by atoms with Gasteiger partial charge in [0.05, 0.1) is 4.91 Å². The van der Waals surface area contributed by atoms with E-state index >= 15 is 0 Å². The normalized spacial score (nSPS) is 16.1. The molecule has 0 saturated carbocycles. The first kappa shape index (κ1) is 23.3. The Hall–Kier alpha value is -2.35. The van der Waals surface area contributed by atoms with Gasteiger partial charge in [-0.3, -0.25) is 9.69 Å². The molecule has 0 radical (unpaired) electrons. The molecule has 0 aromatic heterocycles. The number of rotatable bonds is 9. The summed E-state index contributed by atoms with van der Waals surface area (Å²) in [6, 6.07) is 13.8. The van der Waals surface area contributed by atoms with Crippen LogP contribution in [0, 0.1) is 0 Å². The van der Waals surface area contributed by atoms with Crippen LogP contribution in [-0.2, 0) is 16.2 Å². The van der Waals surface area contributed by atoms with Gasteiger partial charge in [-0.05, 0) is 24.6 Å². The number of amides is 1. The summed E-state index contributed by atoms with van der Waals surface area (Å²) < 4.78 is 6.21. The van der Waals surface area contributed by atoms with Crippen molar-refractivity contribution < 1.29 is 19.4 Å². The Bertz CT molecular complexity index is 1020. The van der Waals surface area contributed by atoms with Gasteiger partial charge in [0.2, 0.25) is 0 Å². The Kier molecular flexibility index (Phi) is 8.12. The van der Waals surface area contributed by atoms with Crippen LogP contribution in [0.3, 0.4) is 0 Å². The van der Waals surface area contributed by atoms with Crippen LogP contribution < -0.4 is 4.74 Å². The maximum absolute atomic E-state index is 13.0. The molecule has 0 bridgehead atoms. The molecule has 0 unspecified atom stereocenters. The molecule has 0 aliphatic carbocycles. The number of hydrogen-bond donors (Lipinski definition) is 1. The number of unbranched alkanes of at least 4 members (excludes halogenated alkanes) is 1. The fraction of sp³-hybridized carbons (Fsp3) is 0.261. The van der Waals surface area contributed by atoms with E-state index in [1.807, 2.05) is 49.4 Å². The third kappa shape index (κ3) is 5.67. The van der Waals surface area contributed by atoms with Gasteiger partial charge in [0, 0.05) is 16.1 Å². The SMILES string of the molecule is CCCC[C@@H](C(=O)O)N1C(=O)/C(=C/c2ccccc2OCc2ccccc2Cl)SC1=S. The first-order chi connectivity index (χ1) is 14.9. The summed E-state index contributed by atoms with van der Waals surface area (Å²) in [4.78, 5) is 26.3. The lowest BCUT2D eigenvalue weighted by atomic mass is 10.1. The highest BCUT2D eigenvalue weighted by atomic mass is 35.5. The van der Waals surface area contributed by atoms with Gasteiger partial charge in [-0.25, -0.2) is 4.79 Å². The van der Waals surface area contributed by atoms with Crippen molar-refractivity contribution in [1.82, 2.24) is 4.90 Å². The van der Waals surface area contributed by atoms with Crippen molar-refractivity contribution in [2.45, 2.75) is 38.8 Å². The molecule has 3 rings (SSSR count). The topological polar surface area (TPSA) is 66.8 Å². The largest absolute Gasteiger partial charge is 0.488 e. The van der Waals surface area contributed by atoms with Gasteiger partial charge in [-0.1, -0.05) is 91.7 Å². The molecule has 1 amide bonds. The lowest BCUT2D eigenvalue weighted by Gasteiger charge is -2.22. The van der Waals surface area contributed by atoms with Gasteiger partial charge in [0.1, 0.15) is 22.7 Å². The van der Waals surface area contributed by atoms with Crippen LogP contribution in [0.2, 0.25) is 5.02 Å². The standard InChI is InChI=1S/C23H22ClNO4S2/c1-2-3-11-18(22(27)28)25-21(26)20(31-23(25)30)13-15-8-5-7-12-19(15)29-14-16-9-4-6-10-17(16)24/h4-10,12-13,18H,2-3,11,14H2,1H3,(H,27,28)/b20-13-/t18-/m0/s1. The third-order valence-electron chi connectivity index (χ3n) is 4.80. The Morgan fingerprint density at radius 1 is 1.26 bits per heavy atom. The number of thiocarbonyl (C=S) groups is 1. The molecular formula is C23H22ClNO4S2. The molecule has 0 spiro atoms. The van der Waals surface area contributed by atoms with Crippen molar-refractivity contribution in [2.24, 2.45) is 0 Å². The average Bonchev–Trinajstić information content (AvgIpc) is 3.02. The number of hydrogen-bond acceptors (Lipinski definition) is 5. The van der Waals surface area contributed by atoms with Crippen molar-refractivity contribution in [1.29, 1.82) is 0 Å². The van der Waals surface area contributed by atoms with E-state index in [1.165, 1.54) is 4.90 Å². The number of aliphatic carboxylic acids is 1. The van der Waals surface area contributed by atoms with Crippen molar-refractivity contribution >= 4 is 57.9 Å². The molecule has 2 aromatic rings. The minimum Gasteiger partial charge on any atom is -0.488 e.